The number of nitrogens with two attached hydrogens (primary N) is 1. The molecule has 0 heterocycles. The van der Waals surface area contributed by atoms with Crippen molar-refractivity contribution in [3.05, 3.63) is 0 Å². The minimum atomic E-state index is -0.140. The molecule has 0 radical (unpaired) electrons. The van der Waals surface area contributed by atoms with E-state index in [0.29, 0.717) is 10.4 Å². The number of carbonyl (C=O) groups is 1. The summed E-state index contributed by atoms with van der Waals surface area (Å²) < 4.78 is 0. The van der Waals surface area contributed by atoms with Crippen LogP contribution in [0.25, 0.3) is 0 Å². The summed E-state index contributed by atoms with van der Waals surface area (Å²) >= 11 is 5.06. The van der Waals surface area contributed by atoms with Crippen LogP contribution in [0.3, 0.4) is 0 Å². The minimum Gasteiger partial charge on any atom is -0.392 e. The van der Waals surface area contributed by atoms with Crippen LogP contribution < -0.4 is 11.1 Å². The van der Waals surface area contributed by atoms with E-state index in [2.05, 4.69) is 12.2 Å². The predicted octanol–water partition coefficient (Wildman–Crippen LogP) is 2.77. The molecule has 0 aromatic rings. The van der Waals surface area contributed by atoms with E-state index >= 15 is 0 Å². The van der Waals surface area contributed by atoms with Crippen molar-refractivity contribution in [3.63, 3.8) is 0 Å². The third-order valence-corrected chi connectivity index (χ3v) is 6.18. The van der Waals surface area contributed by atoms with Gasteiger partial charge in [-0.2, -0.15) is 0 Å². The van der Waals surface area contributed by atoms with Crippen molar-refractivity contribution in [2.24, 2.45) is 28.4 Å². The Labute approximate surface area is 127 Å². The Hall–Kier alpha value is -0.640. The summed E-state index contributed by atoms with van der Waals surface area (Å²) in [5.74, 6) is 1.74. The molecule has 3 atom stereocenters. The molecule has 112 valence electrons. The largest absolute Gasteiger partial charge is 0.392 e. The minimum absolute atomic E-state index is 0.128. The number of amides is 1. The van der Waals surface area contributed by atoms with Crippen LogP contribution in [0.2, 0.25) is 0 Å². The highest BCUT2D eigenvalue weighted by molar-refractivity contribution is 7.80. The van der Waals surface area contributed by atoms with Gasteiger partial charge in [0.1, 0.15) is 0 Å². The average Bonchev–Trinajstić information content (AvgIpc) is 2.31. The molecule has 4 aliphatic rings. The third kappa shape index (κ3) is 2.26. The zero-order valence-electron chi connectivity index (χ0n) is 12.6. The summed E-state index contributed by atoms with van der Waals surface area (Å²) in [6.45, 7) is 4.41. The van der Waals surface area contributed by atoms with E-state index in [0.717, 1.165) is 37.5 Å². The molecule has 4 heteroatoms. The molecule has 0 aromatic heterocycles. The first-order valence-corrected chi connectivity index (χ1v) is 8.37. The second kappa shape index (κ2) is 4.69. The first kappa shape index (κ1) is 14.3. The fourth-order valence-electron chi connectivity index (χ4n) is 5.67. The van der Waals surface area contributed by atoms with Crippen molar-refractivity contribution in [2.75, 3.05) is 0 Å². The fraction of sp³-hybridized carbons (Fsp3) is 0.875. The van der Waals surface area contributed by atoms with Gasteiger partial charge in [-0.05, 0) is 62.2 Å². The number of carbonyl (C=O) groups excluding carboxylic acids is 1. The van der Waals surface area contributed by atoms with Gasteiger partial charge in [0, 0.05) is 0 Å². The third-order valence-electron chi connectivity index (χ3n) is 5.89. The van der Waals surface area contributed by atoms with Gasteiger partial charge in [0.05, 0.1) is 16.4 Å². The number of thiocarbonyl (C=S) groups is 1. The molecule has 3 N–H and O–H groups in total. The molecular weight excluding hydrogens is 268 g/mol. The molecular formula is C16H26N2OS. The highest BCUT2D eigenvalue weighted by Crippen LogP contribution is 2.65. The maximum atomic E-state index is 12.9. The Morgan fingerprint density at radius 3 is 2.40 bits per heavy atom. The van der Waals surface area contributed by atoms with E-state index < -0.39 is 0 Å². The van der Waals surface area contributed by atoms with Crippen molar-refractivity contribution in [1.82, 2.24) is 5.32 Å². The summed E-state index contributed by atoms with van der Waals surface area (Å²) in [5, 5.41) is 3.14. The second-order valence-corrected chi connectivity index (χ2v) is 8.36. The van der Waals surface area contributed by atoms with Crippen molar-refractivity contribution < 1.29 is 4.79 Å². The van der Waals surface area contributed by atoms with Crippen molar-refractivity contribution >= 4 is 23.1 Å². The first-order chi connectivity index (χ1) is 9.36. The summed E-state index contributed by atoms with van der Waals surface area (Å²) in [6.07, 6.45) is 8.00. The molecule has 1 amide bonds. The monoisotopic (exact) mass is 294 g/mol. The Morgan fingerprint density at radius 1 is 1.35 bits per heavy atom. The first-order valence-electron chi connectivity index (χ1n) is 7.96. The quantitative estimate of drug-likeness (QED) is 0.784. The van der Waals surface area contributed by atoms with Crippen LogP contribution in [0.4, 0.5) is 0 Å². The van der Waals surface area contributed by atoms with Gasteiger partial charge >= 0.3 is 0 Å². The van der Waals surface area contributed by atoms with Crippen LogP contribution in [0.5, 0.6) is 0 Å². The second-order valence-electron chi connectivity index (χ2n) is 7.89. The molecule has 4 aliphatic carbocycles. The highest BCUT2D eigenvalue weighted by atomic mass is 32.1. The van der Waals surface area contributed by atoms with Crippen molar-refractivity contribution in [1.29, 1.82) is 0 Å². The van der Waals surface area contributed by atoms with Gasteiger partial charge in [-0.1, -0.05) is 26.1 Å². The van der Waals surface area contributed by atoms with Crippen LogP contribution >= 0.6 is 12.2 Å². The van der Waals surface area contributed by atoms with Crippen LogP contribution in [0.1, 0.15) is 58.8 Å². The van der Waals surface area contributed by atoms with Gasteiger partial charge in [0.15, 0.2) is 0 Å². The summed E-state index contributed by atoms with van der Waals surface area (Å²) in [6, 6.07) is -0.140. The SMILES string of the molecule is CCC(NC(=O)C12CC3CC(CC(C)(C3)C1)C2)C(N)=S. The summed E-state index contributed by atoms with van der Waals surface area (Å²) in [5.41, 5.74) is 6.00. The molecule has 20 heavy (non-hydrogen) atoms. The van der Waals surface area contributed by atoms with Crippen LogP contribution in [-0.2, 0) is 4.79 Å². The van der Waals surface area contributed by atoms with E-state index in [1.54, 1.807) is 0 Å². The molecule has 0 aromatic carbocycles. The van der Waals surface area contributed by atoms with Crippen LogP contribution in [0.15, 0.2) is 0 Å². The molecule has 0 aliphatic heterocycles. The molecule has 3 nitrogen and oxygen atoms in total. The van der Waals surface area contributed by atoms with Gasteiger partial charge in [-0.15, -0.1) is 0 Å². The zero-order valence-corrected chi connectivity index (χ0v) is 13.4. The topological polar surface area (TPSA) is 55.1 Å². The standard InChI is InChI=1S/C16H26N2OS/c1-3-12(13(17)20)18-14(19)16-7-10-4-11(8-16)6-15(2,5-10)9-16/h10-12H,3-9H2,1-2H3,(H2,17,20)(H,18,19). The number of nitrogens with one attached hydrogen (secondary N) is 1. The summed E-state index contributed by atoms with van der Waals surface area (Å²) in [4.78, 5) is 13.3. The summed E-state index contributed by atoms with van der Waals surface area (Å²) in [7, 11) is 0. The van der Waals surface area contributed by atoms with Crippen molar-refractivity contribution in [2.45, 2.75) is 64.8 Å². The average molecular weight is 294 g/mol. The Balaban J connectivity index is 1.79. The maximum Gasteiger partial charge on any atom is 0.226 e. The van der Waals surface area contributed by atoms with Gasteiger partial charge < -0.3 is 11.1 Å². The zero-order chi connectivity index (χ0) is 14.5. The lowest BCUT2D eigenvalue weighted by Crippen LogP contribution is -2.58. The van der Waals surface area contributed by atoms with Crippen LogP contribution in [-0.4, -0.2) is 16.9 Å². The fourth-order valence-corrected chi connectivity index (χ4v) is 5.90. The van der Waals surface area contributed by atoms with E-state index in [-0.39, 0.29) is 17.4 Å². The van der Waals surface area contributed by atoms with Gasteiger partial charge in [-0.25, -0.2) is 0 Å². The number of hydrogen-bond acceptors (Lipinski definition) is 2. The number of rotatable bonds is 4. The molecule has 4 rings (SSSR count). The number of hydrogen-bond donors (Lipinski definition) is 2. The lowest BCUT2D eigenvalue weighted by atomic mass is 9.44. The van der Waals surface area contributed by atoms with Gasteiger partial charge in [-0.3, -0.25) is 4.79 Å². The molecule has 4 bridgehead atoms. The predicted molar refractivity (Wildman–Crippen MR) is 84.2 cm³/mol. The molecule has 4 fully saturated rings. The van der Waals surface area contributed by atoms with Gasteiger partial charge in [0.2, 0.25) is 5.91 Å². The molecule has 3 unspecified atom stereocenters. The van der Waals surface area contributed by atoms with E-state index in [1.807, 2.05) is 6.92 Å². The lowest BCUT2D eigenvalue weighted by molar-refractivity contribution is -0.155. The van der Waals surface area contributed by atoms with Crippen LogP contribution in [0, 0.1) is 22.7 Å². The normalized spacial score (nSPS) is 43.3. The van der Waals surface area contributed by atoms with Gasteiger partial charge in [0.25, 0.3) is 0 Å². The Morgan fingerprint density at radius 2 is 1.95 bits per heavy atom. The lowest BCUT2D eigenvalue weighted by Gasteiger charge is -2.60. The smallest absolute Gasteiger partial charge is 0.226 e. The Bertz CT molecular complexity index is 434. The molecule has 0 spiro atoms. The van der Waals surface area contributed by atoms with Crippen molar-refractivity contribution in [3.8, 4) is 0 Å². The molecule has 4 saturated carbocycles. The van der Waals surface area contributed by atoms with E-state index in [4.69, 9.17) is 18.0 Å². The highest BCUT2D eigenvalue weighted by Gasteiger charge is 2.58. The molecule has 0 saturated heterocycles. The van der Waals surface area contributed by atoms with E-state index in [1.165, 1.54) is 19.3 Å². The van der Waals surface area contributed by atoms with E-state index in [9.17, 15) is 4.79 Å². The maximum absolute atomic E-state index is 12.9. The Kier molecular flexibility index (Phi) is 3.35.